The highest BCUT2D eigenvalue weighted by Crippen LogP contribution is 2.27. The van der Waals surface area contributed by atoms with Gasteiger partial charge >= 0.3 is 0 Å². The third-order valence-electron chi connectivity index (χ3n) is 3.64. The van der Waals surface area contributed by atoms with Crippen molar-refractivity contribution in [2.45, 2.75) is 43.7 Å². The van der Waals surface area contributed by atoms with Crippen LogP contribution in [0.3, 0.4) is 0 Å². The molecule has 0 aromatic heterocycles. The van der Waals surface area contributed by atoms with E-state index in [9.17, 15) is 8.42 Å². The fraction of sp³-hybridized carbons (Fsp3) is 0.538. The molecule has 0 spiro atoms. The van der Waals surface area contributed by atoms with Crippen molar-refractivity contribution in [3.63, 3.8) is 0 Å². The molecule has 5 heteroatoms. The largest absolute Gasteiger partial charge is 0.376 e. The van der Waals surface area contributed by atoms with Crippen molar-refractivity contribution in [1.29, 1.82) is 0 Å². The number of benzene rings is 1. The number of aryl methyl sites for hydroxylation is 1. The summed E-state index contributed by atoms with van der Waals surface area (Å²) in [4.78, 5) is 0.338. The van der Waals surface area contributed by atoms with E-state index in [2.05, 4.69) is 4.72 Å². The number of hydrogen-bond donors (Lipinski definition) is 1. The molecule has 1 fully saturated rings. The predicted octanol–water partition coefficient (Wildman–Crippen LogP) is 1.84. The van der Waals surface area contributed by atoms with Gasteiger partial charge in [-0.15, -0.1) is 0 Å². The second-order valence-corrected chi connectivity index (χ2v) is 6.70. The van der Waals surface area contributed by atoms with E-state index in [0.717, 1.165) is 5.56 Å². The number of rotatable bonds is 3. The molecule has 0 saturated carbocycles. The first-order valence-electron chi connectivity index (χ1n) is 6.06. The first-order chi connectivity index (χ1) is 8.35. The highest BCUT2D eigenvalue weighted by atomic mass is 32.2. The Morgan fingerprint density at radius 3 is 2.61 bits per heavy atom. The minimum atomic E-state index is -3.50. The molecule has 2 unspecified atom stereocenters. The number of sulfonamides is 1. The second-order valence-electron chi connectivity index (χ2n) is 5.05. The van der Waals surface area contributed by atoms with Gasteiger partial charge in [0.1, 0.15) is 0 Å². The van der Waals surface area contributed by atoms with Crippen LogP contribution in [0.15, 0.2) is 29.2 Å². The maximum absolute atomic E-state index is 12.4. The van der Waals surface area contributed by atoms with Crippen LogP contribution in [-0.4, -0.2) is 26.7 Å². The molecule has 0 radical (unpaired) electrons. The molecule has 2 rings (SSSR count). The van der Waals surface area contributed by atoms with Gasteiger partial charge in [-0.2, -0.15) is 0 Å². The maximum Gasteiger partial charge on any atom is 0.241 e. The molecule has 1 N–H and O–H groups in total. The summed E-state index contributed by atoms with van der Waals surface area (Å²) in [7, 11) is -3.50. The van der Waals surface area contributed by atoms with E-state index >= 15 is 0 Å². The van der Waals surface area contributed by atoms with Crippen molar-refractivity contribution in [2.75, 3.05) is 6.61 Å². The summed E-state index contributed by atoms with van der Waals surface area (Å²) in [5, 5.41) is 0. The lowest BCUT2D eigenvalue weighted by molar-refractivity contribution is 0.0957. The van der Waals surface area contributed by atoms with Crippen molar-refractivity contribution in [3.8, 4) is 0 Å². The zero-order chi connectivity index (χ0) is 13.4. The van der Waals surface area contributed by atoms with Gasteiger partial charge < -0.3 is 4.74 Å². The molecule has 0 aliphatic carbocycles. The molecular weight excluding hydrogens is 250 g/mol. The summed E-state index contributed by atoms with van der Waals surface area (Å²) in [5.74, 6) is 0. The Kier molecular flexibility index (Phi) is 3.49. The molecule has 4 nitrogen and oxygen atoms in total. The van der Waals surface area contributed by atoms with Gasteiger partial charge in [0.15, 0.2) is 0 Å². The Labute approximate surface area is 108 Å². The SMILES string of the molecule is Cc1ccccc1S(=O)(=O)NC1(C)CCOC1C. The van der Waals surface area contributed by atoms with Crippen LogP contribution < -0.4 is 4.72 Å². The Balaban J connectivity index is 2.31. The summed E-state index contributed by atoms with van der Waals surface area (Å²) in [6, 6.07) is 6.99. The fourth-order valence-electron chi connectivity index (χ4n) is 2.19. The van der Waals surface area contributed by atoms with Crippen molar-refractivity contribution in [2.24, 2.45) is 0 Å². The smallest absolute Gasteiger partial charge is 0.241 e. The third kappa shape index (κ3) is 2.43. The highest BCUT2D eigenvalue weighted by molar-refractivity contribution is 7.89. The average Bonchev–Trinajstić information content (AvgIpc) is 2.58. The van der Waals surface area contributed by atoms with Gasteiger partial charge in [-0.3, -0.25) is 0 Å². The van der Waals surface area contributed by atoms with Crippen LogP contribution in [0, 0.1) is 6.92 Å². The van der Waals surface area contributed by atoms with Crippen LogP contribution in [-0.2, 0) is 14.8 Å². The lowest BCUT2D eigenvalue weighted by Crippen LogP contribution is -2.50. The molecular formula is C13H19NO3S. The van der Waals surface area contributed by atoms with Crippen LogP contribution >= 0.6 is 0 Å². The molecule has 18 heavy (non-hydrogen) atoms. The van der Waals surface area contributed by atoms with Crippen LogP contribution in [0.25, 0.3) is 0 Å². The molecule has 0 amide bonds. The van der Waals surface area contributed by atoms with Crippen LogP contribution in [0.4, 0.5) is 0 Å². The molecule has 1 saturated heterocycles. The fourth-order valence-corrected chi connectivity index (χ4v) is 3.93. The molecule has 1 aromatic rings. The van der Waals surface area contributed by atoms with E-state index in [1.165, 1.54) is 0 Å². The first-order valence-corrected chi connectivity index (χ1v) is 7.55. The average molecular weight is 269 g/mol. The zero-order valence-corrected chi connectivity index (χ0v) is 11.8. The Hall–Kier alpha value is -0.910. The van der Waals surface area contributed by atoms with Crippen LogP contribution in [0.5, 0.6) is 0 Å². The van der Waals surface area contributed by atoms with Gasteiger partial charge in [-0.25, -0.2) is 13.1 Å². The van der Waals surface area contributed by atoms with Gasteiger partial charge in [-0.1, -0.05) is 18.2 Å². The quantitative estimate of drug-likeness (QED) is 0.911. The molecule has 1 aliphatic heterocycles. The van der Waals surface area contributed by atoms with E-state index in [1.807, 2.05) is 19.9 Å². The normalized spacial score (nSPS) is 28.5. The van der Waals surface area contributed by atoms with E-state index in [-0.39, 0.29) is 6.10 Å². The minimum absolute atomic E-state index is 0.115. The van der Waals surface area contributed by atoms with E-state index in [4.69, 9.17) is 4.74 Å². The highest BCUT2D eigenvalue weighted by Gasteiger charge is 2.40. The standard InChI is InChI=1S/C13H19NO3S/c1-10-6-4-5-7-12(10)18(15,16)14-13(3)8-9-17-11(13)2/h4-7,11,14H,8-9H2,1-3H3. The van der Waals surface area contributed by atoms with Gasteiger partial charge in [-0.05, 0) is 38.8 Å². The van der Waals surface area contributed by atoms with Gasteiger partial charge in [0.2, 0.25) is 10.0 Å². The molecule has 100 valence electrons. The maximum atomic E-state index is 12.4. The summed E-state index contributed by atoms with van der Waals surface area (Å²) < 4.78 is 33.0. The van der Waals surface area contributed by atoms with E-state index in [1.54, 1.807) is 25.1 Å². The number of hydrogen-bond acceptors (Lipinski definition) is 3. The van der Waals surface area contributed by atoms with E-state index < -0.39 is 15.6 Å². The van der Waals surface area contributed by atoms with Crippen molar-refractivity contribution in [1.82, 2.24) is 4.72 Å². The summed E-state index contributed by atoms with van der Waals surface area (Å²) >= 11 is 0. The Morgan fingerprint density at radius 1 is 1.39 bits per heavy atom. The summed E-state index contributed by atoms with van der Waals surface area (Å²) in [5.41, 5.74) is 0.223. The Morgan fingerprint density at radius 2 is 2.06 bits per heavy atom. The van der Waals surface area contributed by atoms with Crippen LogP contribution in [0.1, 0.15) is 25.8 Å². The van der Waals surface area contributed by atoms with E-state index in [0.29, 0.717) is 17.9 Å². The monoisotopic (exact) mass is 269 g/mol. The number of nitrogens with one attached hydrogen (secondary N) is 1. The molecule has 2 atom stereocenters. The summed E-state index contributed by atoms with van der Waals surface area (Å²) in [6.07, 6.45) is 0.579. The van der Waals surface area contributed by atoms with Crippen LogP contribution in [0.2, 0.25) is 0 Å². The lowest BCUT2D eigenvalue weighted by Gasteiger charge is -2.28. The zero-order valence-electron chi connectivity index (χ0n) is 10.9. The number of ether oxygens (including phenoxy) is 1. The van der Waals surface area contributed by atoms with Crippen molar-refractivity contribution in [3.05, 3.63) is 29.8 Å². The summed E-state index contributed by atoms with van der Waals surface area (Å²) in [6.45, 7) is 6.17. The molecule has 1 heterocycles. The van der Waals surface area contributed by atoms with Crippen molar-refractivity contribution < 1.29 is 13.2 Å². The lowest BCUT2D eigenvalue weighted by atomic mass is 9.97. The molecule has 1 aliphatic rings. The second kappa shape index (κ2) is 4.64. The van der Waals surface area contributed by atoms with Gasteiger partial charge in [0, 0.05) is 6.61 Å². The van der Waals surface area contributed by atoms with Gasteiger partial charge in [0.25, 0.3) is 0 Å². The first kappa shape index (κ1) is 13.5. The molecule has 0 bridgehead atoms. The van der Waals surface area contributed by atoms with Crippen molar-refractivity contribution >= 4 is 10.0 Å². The predicted molar refractivity (Wildman–Crippen MR) is 69.9 cm³/mol. The Bertz CT molecular complexity index is 541. The third-order valence-corrected chi connectivity index (χ3v) is 5.41. The van der Waals surface area contributed by atoms with Gasteiger partial charge in [0.05, 0.1) is 16.5 Å². The molecule has 1 aromatic carbocycles. The topological polar surface area (TPSA) is 55.4 Å². The minimum Gasteiger partial charge on any atom is -0.376 e.